The van der Waals surface area contributed by atoms with Crippen LogP contribution in [-0.2, 0) is 6.54 Å². The number of oxazole rings is 1. The zero-order valence-electron chi connectivity index (χ0n) is 16.3. The standard InChI is InChI=1S/C20H27F2N5O/c1-14-3-5-15(6-4-14)17-11-24-19(28-17)12-25-20(23-2)26-16-7-9-27(10-8-16)13-18(21)22/h3-6,11,16,18H,7-10,12-13H2,1-2H3,(H2,23,25,26). The van der Waals surface area contributed by atoms with Crippen LogP contribution in [0.3, 0.4) is 0 Å². The number of nitrogens with zero attached hydrogens (tertiary/aromatic N) is 3. The van der Waals surface area contributed by atoms with Crippen LogP contribution in [0.1, 0.15) is 24.3 Å². The van der Waals surface area contributed by atoms with Crippen molar-refractivity contribution in [3.8, 4) is 11.3 Å². The Balaban J connectivity index is 1.47. The first-order valence-corrected chi connectivity index (χ1v) is 9.53. The Morgan fingerprint density at radius 2 is 2.00 bits per heavy atom. The topological polar surface area (TPSA) is 65.7 Å². The summed E-state index contributed by atoms with van der Waals surface area (Å²) in [6.45, 7) is 3.64. The summed E-state index contributed by atoms with van der Waals surface area (Å²) < 4.78 is 30.8. The molecule has 1 aliphatic rings. The number of guanidine groups is 1. The maximum absolute atomic E-state index is 12.5. The van der Waals surface area contributed by atoms with Crippen molar-refractivity contribution in [2.24, 2.45) is 4.99 Å². The summed E-state index contributed by atoms with van der Waals surface area (Å²) in [6, 6.07) is 8.30. The van der Waals surface area contributed by atoms with Crippen molar-refractivity contribution in [1.29, 1.82) is 0 Å². The van der Waals surface area contributed by atoms with Gasteiger partial charge in [-0.15, -0.1) is 0 Å². The highest BCUT2D eigenvalue weighted by atomic mass is 19.3. The highest BCUT2D eigenvalue weighted by molar-refractivity contribution is 5.79. The number of rotatable bonds is 6. The van der Waals surface area contributed by atoms with Crippen LogP contribution in [0.25, 0.3) is 11.3 Å². The number of benzene rings is 1. The zero-order valence-corrected chi connectivity index (χ0v) is 16.3. The van der Waals surface area contributed by atoms with Gasteiger partial charge in [0.05, 0.1) is 19.3 Å². The van der Waals surface area contributed by atoms with Crippen LogP contribution in [0.2, 0.25) is 0 Å². The van der Waals surface area contributed by atoms with Crippen LogP contribution < -0.4 is 10.6 Å². The molecule has 0 atom stereocenters. The molecule has 0 spiro atoms. The molecule has 0 bridgehead atoms. The lowest BCUT2D eigenvalue weighted by Gasteiger charge is -2.32. The molecule has 8 heteroatoms. The summed E-state index contributed by atoms with van der Waals surface area (Å²) in [5.41, 5.74) is 2.18. The van der Waals surface area contributed by atoms with E-state index in [9.17, 15) is 8.78 Å². The van der Waals surface area contributed by atoms with E-state index in [0.29, 0.717) is 31.5 Å². The number of likely N-dealkylation sites (tertiary alicyclic amines) is 1. The molecular weight excluding hydrogens is 364 g/mol. The van der Waals surface area contributed by atoms with Gasteiger partial charge >= 0.3 is 0 Å². The van der Waals surface area contributed by atoms with E-state index < -0.39 is 6.43 Å². The Kier molecular flexibility index (Phi) is 6.97. The van der Waals surface area contributed by atoms with E-state index in [0.717, 1.165) is 24.2 Å². The number of piperidine rings is 1. The van der Waals surface area contributed by atoms with E-state index >= 15 is 0 Å². The van der Waals surface area contributed by atoms with E-state index in [1.807, 2.05) is 31.2 Å². The Bertz CT molecular complexity index is 767. The van der Waals surface area contributed by atoms with Gasteiger partial charge in [-0.3, -0.25) is 9.89 Å². The molecule has 2 N–H and O–H groups in total. The molecule has 1 saturated heterocycles. The molecule has 2 heterocycles. The van der Waals surface area contributed by atoms with Crippen molar-refractivity contribution in [3.63, 3.8) is 0 Å². The molecule has 1 aromatic carbocycles. The number of hydrogen-bond acceptors (Lipinski definition) is 4. The largest absolute Gasteiger partial charge is 0.439 e. The molecule has 3 rings (SSSR count). The van der Waals surface area contributed by atoms with Crippen molar-refractivity contribution >= 4 is 5.96 Å². The first-order valence-electron chi connectivity index (χ1n) is 9.53. The van der Waals surface area contributed by atoms with Crippen LogP contribution in [0.4, 0.5) is 8.78 Å². The van der Waals surface area contributed by atoms with Crippen LogP contribution in [0.15, 0.2) is 39.9 Å². The molecule has 2 aromatic rings. The average molecular weight is 391 g/mol. The number of hydrogen-bond donors (Lipinski definition) is 2. The van der Waals surface area contributed by atoms with Gasteiger partial charge < -0.3 is 15.1 Å². The quantitative estimate of drug-likeness (QED) is 0.585. The van der Waals surface area contributed by atoms with Crippen LogP contribution in [0, 0.1) is 6.92 Å². The van der Waals surface area contributed by atoms with Crippen LogP contribution >= 0.6 is 0 Å². The molecule has 1 aromatic heterocycles. The summed E-state index contributed by atoms with van der Waals surface area (Å²) in [5.74, 6) is 1.96. The SMILES string of the molecule is CN=C(NCc1ncc(-c2ccc(C)cc2)o1)NC1CCN(CC(F)F)CC1. The predicted octanol–water partition coefficient (Wildman–Crippen LogP) is 3.04. The molecule has 0 unspecified atom stereocenters. The molecule has 152 valence electrons. The fraction of sp³-hybridized carbons (Fsp3) is 0.500. The van der Waals surface area contributed by atoms with E-state index in [-0.39, 0.29) is 12.6 Å². The number of nitrogens with one attached hydrogen (secondary N) is 2. The summed E-state index contributed by atoms with van der Waals surface area (Å²) in [6.07, 6.45) is 1.06. The molecule has 0 amide bonds. The van der Waals surface area contributed by atoms with Crippen LogP contribution in [-0.4, -0.2) is 55.0 Å². The molecule has 0 saturated carbocycles. The van der Waals surface area contributed by atoms with Crippen molar-refractivity contribution in [3.05, 3.63) is 41.9 Å². The molecule has 0 radical (unpaired) electrons. The second kappa shape index (κ2) is 9.64. The van der Waals surface area contributed by atoms with E-state index in [4.69, 9.17) is 4.42 Å². The normalized spacial score (nSPS) is 16.5. The lowest BCUT2D eigenvalue weighted by atomic mass is 10.1. The minimum absolute atomic E-state index is 0.146. The van der Waals surface area contributed by atoms with Gasteiger partial charge in [0.15, 0.2) is 11.7 Å². The van der Waals surface area contributed by atoms with Crippen molar-refractivity contribution < 1.29 is 13.2 Å². The number of alkyl halides is 2. The second-order valence-electron chi connectivity index (χ2n) is 7.02. The number of halogens is 2. The lowest BCUT2D eigenvalue weighted by Crippen LogP contribution is -2.49. The van der Waals surface area contributed by atoms with Crippen molar-refractivity contribution in [2.45, 2.75) is 38.8 Å². The zero-order chi connectivity index (χ0) is 19.9. The summed E-state index contributed by atoms with van der Waals surface area (Å²) >= 11 is 0. The number of aromatic nitrogens is 1. The Morgan fingerprint density at radius 3 is 2.64 bits per heavy atom. The van der Waals surface area contributed by atoms with Gasteiger partial charge in [-0.05, 0) is 19.8 Å². The maximum Gasteiger partial charge on any atom is 0.251 e. The van der Waals surface area contributed by atoms with Gasteiger partial charge in [0.2, 0.25) is 5.89 Å². The smallest absolute Gasteiger partial charge is 0.251 e. The van der Waals surface area contributed by atoms with E-state index in [2.05, 4.69) is 20.6 Å². The highest BCUT2D eigenvalue weighted by Crippen LogP contribution is 2.20. The third kappa shape index (κ3) is 5.76. The second-order valence-corrected chi connectivity index (χ2v) is 7.02. The molecule has 6 nitrogen and oxygen atoms in total. The third-order valence-corrected chi connectivity index (χ3v) is 4.84. The Hall–Kier alpha value is -2.48. The van der Waals surface area contributed by atoms with Gasteiger partial charge in [-0.2, -0.15) is 0 Å². The lowest BCUT2D eigenvalue weighted by molar-refractivity contribution is 0.0744. The van der Waals surface area contributed by atoms with Crippen molar-refractivity contribution in [2.75, 3.05) is 26.7 Å². The van der Waals surface area contributed by atoms with Gasteiger partial charge in [0, 0.05) is 31.7 Å². The Morgan fingerprint density at radius 1 is 1.29 bits per heavy atom. The fourth-order valence-electron chi connectivity index (χ4n) is 3.25. The summed E-state index contributed by atoms with van der Waals surface area (Å²) in [7, 11) is 1.70. The Labute approximate surface area is 164 Å². The molecule has 0 aliphatic carbocycles. The molecule has 1 aliphatic heterocycles. The molecule has 1 fully saturated rings. The average Bonchev–Trinajstić information content (AvgIpc) is 3.15. The first-order chi connectivity index (χ1) is 13.5. The summed E-state index contributed by atoms with van der Waals surface area (Å²) in [5, 5.41) is 6.55. The van der Waals surface area contributed by atoms with Crippen molar-refractivity contribution in [1.82, 2.24) is 20.5 Å². The maximum atomic E-state index is 12.5. The molecular formula is C20H27F2N5O. The number of aryl methyl sites for hydroxylation is 1. The van der Waals surface area contributed by atoms with E-state index in [1.54, 1.807) is 18.1 Å². The van der Waals surface area contributed by atoms with Crippen LogP contribution in [0.5, 0.6) is 0 Å². The van der Waals surface area contributed by atoms with Gasteiger partial charge in [0.1, 0.15) is 0 Å². The molecule has 28 heavy (non-hydrogen) atoms. The predicted molar refractivity (Wildman–Crippen MR) is 105 cm³/mol. The minimum Gasteiger partial charge on any atom is -0.439 e. The van der Waals surface area contributed by atoms with Gasteiger partial charge in [0.25, 0.3) is 6.43 Å². The van der Waals surface area contributed by atoms with Gasteiger partial charge in [-0.1, -0.05) is 29.8 Å². The number of aliphatic imine (C=N–C) groups is 1. The summed E-state index contributed by atoms with van der Waals surface area (Å²) in [4.78, 5) is 10.4. The minimum atomic E-state index is -2.27. The fourth-order valence-corrected chi connectivity index (χ4v) is 3.25. The monoisotopic (exact) mass is 391 g/mol. The van der Waals surface area contributed by atoms with E-state index in [1.165, 1.54) is 5.56 Å². The third-order valence-electron chi connectivity index (χ3n) is 4.84. The van der Waals surface area contributed by atoms with Gasteiger partial charge in [-0.25, -0.2) is 13.8 Å². The highest BCUT2D eigenvalue weighted by Gasteiger charge is 2.22. The first kappa shape index (κ1) is 20.3.